The highest BCUT2D eigenvalue weighted by Gasteiger charge is 2.47. The smallest absolute Gasteiger partial charge is 0.273 e. The summed E-state index contributed by atoms with van der Waals surface area (Å²) in [5, 5.41) is 8.05. The Morgan fingerprint density at radius 2 is 1.83 bits per heavy atom. The van der Waals surface area contributed by atoms with Gasteiger partial charge in [0.15, 0.2) is 0 Å². The lowest BCUT2D eigenvalue weighted by atomic mass is 9.94. The van der Waals surface area contributed by atoms with Crippen molar-refractivity contribution in [3.63, 3.8) is 0 Å². The van der Waals surface area contributed by atoms with Crippen molar-refractivity contribution >= 4 is 23.4 Å². The zero-order chi connectivity index (χ0) is 21.3. The summed E-state index contributed by atoms with van der Waals surface area (Å²) in [4.78, 5) is 28.3. The van der Waals surface area contributed by atoms with Gasteiger partial charge in [-0.25, -0.2) is 0 Å². The summed E-state index contributed by atoms with van der Waals surface area (Å²) in [5.74, 6) is -0.421. The number of halogens is 1. The Bertz CT molecular complexity index is 1080. The molecule has 2 amide bonds. The Kier molecular flexibility index (Phi) is 5.35. The molecular weight excluding hydrogens is 400 g/mol. The van der Waals surface area contributed by atoms with Crippen LogP contribution in [-0.2, 0) is 24.4 Å². The number of aromatic nitrogens is 2. The van der Waals surface area contributed by atoms with Crippen molar-refractivity contribution in [2.75, 3.05) is 0 Å². The molecule has 1 aliphatic rings. The normalized spacial score (nSPS) is 18.2. The number of carbonyl (C=O) groups excluding carboxylic acids is 2. The first-order chi connectivity index (χ1) is 14.4. The van der Waals surface area contributed by atoms with Crippen molar-refractivity contribution in [3.05, 3.63) is 88.2 Å². The van der Waals surface area contributed by atoms with E-state index >= 15 is 0 Å². The van der Waals surface area contributed by atoms with Crippen LogP contribution in [0.15, 0.2) is 60.7 Å². The first-order valence-corrected chi connectivity index (χ1v) is 10.2. The van der Waals surface area contributed by atoms with Gasteiger partial charge in [0.2, 0.25) is 5.91 Å². The Labute approximate surface area is 180 Å². The topological polar surface area (TPSA) is 67.2 Å². The van der Waals surface area contributed by atoms with Crippen molar-refractivity contribution in [2.24, 2.45) is 0 Å². The first-order valence-electron chi connectivity index (χ1n) is 9.80. The number of hydrogen-bond acceptors (Lipinski definition) is 3. The molecular formula is C23H23ClN4O2. The van der Waals surface area contributed by atoms with E-state index < -0.39 is 5.54 Å². The zero-order valence-corrected chi connectivity index (χ0v) is 17.7. The van der Waals surface area contributed by atoms with Crippen molar-refractivity contribution in [1.82, 2.24) is 20.0 Å². The first kappa shape index (κ1) is 20.2. The molecule has 2 heterocycles. The highest BCUT2D eigenvalue weighted by molar-refractivity contribution is 6.30. The molecule has 0 bridgehead atoms. The summed E-state index contributed by atoms with van der Waals surface area (Å²) in [7, 11) is 0. The number of benzene rings is 2. The lowest BCUT2D eigenvalue weighted by Crippen LogP contribution is -2.63. The van der Waals surface area contributed by atoms with E-state index in [2.05, 4.69) is 10.4 Å². The van der Waals surface area contributed by atoms with E-state index in [-0.39, 0.29) is 11.8 Å². The highest BCUT2D eigenvalue weighted by Crippen LogP contribution is 2.29. The van der Waals surface area contributed by atoms with Crippen molar-refractivity contribution in [1.29, 1.82) is 0 Å². The minimum atomic E-state index is -1.08. The van der Waals surface area contributed by atoms with Crippen LogP contribution in [-0.4, -0.2) is 32.0 Å². The van der Waals surface area contributed by atoms with Gasteiger partial charge in [0.1, 0.15) is 11.2 Å². The summed E-state index contributed by atoms with van der Waals surface area (Å²) in [6.07, 6.45) is 0. The Balaban J connectivity index is 1.63. The van der Waals surface area contributed by atoms with E-state index in [1.165, 1.54) is 0 Å². The second-order valence-electron chi connectivity index (χ2n) is 7.79. The van der Waals surface area contributed by atoms with Crippen LogP contribution in [0.4, 0.5) is 0 Å². The molecule has 154 valence electrons. The third kappa shape index (κ3) is 3.83. The molecule has 4 rings (SSSR count). The maximum absolute atomic E-state index is 13.4. The molecule has 1 aromatic heterocycles. The second-order valence-corrected chi connectivity index (χ2v) is 8.22. The molecule has 0 saturated heterocycles. The van der Waals surface area contributed by atoms with Gasteiger partial charge in [-0.15, -0.1) is 0 Å². The number of carbonyl (C=O) groups is 2. The van der Waals surface area contributed by atoms with E-state index in [9.17, 15) is 9.59 Å². The van der Waals surface area contributed by atoms with Crippen LogP contribution in [0.2, 0.25) is 5.02 Å². The number of amides is 2. The fourth-order valence-corrected chi connectivity index (χ4v) is 3.89. The van der Waals surface area contributed by atoms with Gasteiger partial charge >= 0.3 is 0 Å². The van der Waals surface area contributed by atoms with Crippen molar-refractivity contribution in [2.45, 2.75) is 39.0 Å². The Morgan fingerprint density at radius 3 is 2.53 bits per heavy atom. The minimum absolute atomic E-state index is 0.199. The highest BCUT2D eigenvalue weighted by atomic mass is 35.5. The molecule has 3 aromatic rings. The lowest BCUT2D eigenvalue weighted by Gasteiger charge is -2.43. The standard InChI is InChI=1S/C23H23ClN4O2/c1-16-12-20-21(29)27(14-18-6-4-3-5-7-18)23(2,15-28(20)26-16)22(30)25-13-17-8-10-19(24)11-9-17/h3-12H,13-15H2,1-2H3,(H,25,30)/t23-/m0/s1. The molecule has 7 heteroatoms. The molecule has 1 N–H and O–H groups in total. The third-order valence-electron chi connectivity index (χ3n) is 5.46. The van der Waals surface area contributed by atoms with Gasteiger partial charge in [-0.2, -0.15) is 5.10 Å². The van der Waals surface area contributed by atoms with Gasteiger partial charge in [-0.05, 0) is 43.2 Å². The average Bonchev–Trinajstić information content (AvgIpc) is 3.11. The summed E-state index contributed by atoms with van der Waals surface area (Å²) < 4.78 is 1.64. The van der Waals surface area contributed by atoms with Crippen molar-refractivity contribution in [3.8, 4) is 0 Å². The Hall–Kier alpha value is -3.12. The summed E-state index contributed by atoms with van der Waals surface area (Å²) in [6.45, 7) is 4.63. The van der Waals surface area contributed by atoms with Crippen LogP contribution in [0, 0.1) is 6.92 Å². The molecule has 0 radical (unpaired) electrons. The van der Waals surface area contributed by atoms with Gasteiger partial charge < -0.3 is 10.2 Å². The molecule has 0 fully saturated rings. The molecule has 1 atom stereocenters. The summed E-state index contributed by atoms with van der Waals surface area (Å²) in [6, 6.07) is 18.8. The number of fused-ring (bicyclic) bond motifs is 1. The van der Waals surface area contributed by atoms with Crippen LogP contribution >= 0.6 is 11.6 Å². The van der Waals surface area contributed by atoms with Crippen LogP contribution in [0.3, 0.4) is 0 Å². The molecule has 1 aliphatic heterocycles. The van der Waals surface area contributed by atoms with Gasteiger partial charge in [-0.1, -0.05) is 54.1 Å². The van der Waals surface area contributed by atoms with E-state index in [1.807, 2.05) is 49.4 Å². The van der Waals surface area contributed by atoms with E-state index in [1.54, 1.807) is 34.7 Å². The minimum Gasteiger partial charge on any atom is -0.350 e. The third-order valence-corrected chi connectivity index (χ3v) is 5.71. The average molecular weight is 423 g/mol. The van der Waals surface area contributed by atoms with Crippen LogP contribution in [0.1, 0.15) is 34.2 Å². The number of hydrogen-bond donors (Lipinski definition) is 1. The van der Waals surface area contributed by atoms with Gasteiger partial charge in [-0.3, -0.25) is 14.3 Å². The number of nitrogens with zero attached hydrogens (tertiary/aromatic N) is 3. The van der Waals surface area contributed by atoms with Gasteiger partial charge in [0.05, 0.1) is 12.2 Å². The molecule has 30 heavy (non-hydrogen) atoms. The SMILES string of the molecule is Cc1cc2n(n1)C[C@@](C)(C(=O)NCc1ccc(Cl)cc1)N(Cc1ccccc1)C2=O. The molecule has 6 nitrogen and oxygen atoms in total. The zero-order valence-electron chi connectivity index (χ0n) is 16.9. The van der Waals surface area contributed by atoms with E-state index in [4.69, 9.17) is 11.6 Å². The maximum atomic E-state index is 13.4. The molecule has 2 aromatic carbocycles. The fraction of sp³-hybridized carbons (Fsp3) is 0.261. The predicted octanol–water partition coefficient (Wildman–Crippen LogP) is 3.58. The molecule has 0 spiro atoms. The number of rotatable bonds is 5. The molecule has 0 saturated carbocycles. The van der Waals surface area contributed by atoms with Crippen LogP contribution < -0.4 is 5.32 Å². The molecule has 0 aliphatic carbocycles. The van der Waals surface area contributed by atoms with E-state index in [0.29, 0.717) is 30.4 Å². The second kappa shape index (κ2) is 7.95. The summed E-state index contributed by atoms with van der Waals surface area (Å²) >= 11 is 5.94. The van der Waals surface area contributed by atoms with Gasteiger partial charge in [0, 0.05) is 18.1 Å². The van der Waals surface area contributed by atoms with Crippen molar-refractivity contribution < 1.29 is 9.59 Å². The largest absolute Gasteiger partial charge is 0.350 e. The molecule has 0 unspecified atom stereocenters. The monoisotopic (exact) mass is 422 g/mol. The number of nitrogens with one attached hydrogen (secondary N) is 1. The predicted molar refractivity (Wildman–Crippen MR) is 115 cm³/mol. The Morgan fingerprint density at radius 1 is 1.13 bits per heavy atom. The fourth-order valence-electron chi connectivity index (χ4n) is 3.76. The van der Waals surface area contributed by atoms with Crippen LogP contribution in [0.25, 0.3) is 0 Å². The quantitative estimate of drug-likeness (QED) is 0.683. The summed E-state index contributed by atoms with van der Waals surface area (Å²) in [5.41, 5.74) is 2.08. The van der Waals surface area contributed by atoms with Gasteiger partial charge in [0.25, 0.3) is 5.91 Å². The maximum Gasteiger partial charge on any atom is 0.273 e. The van der Waals surface area contributed by atoms with Crippen LogP contribution in [0.5, 0.6) is 0 Å². The lowest BCUT2D eigenvalue weighted by molar-refractivity contribution is -0.133. The van der Waals surface area contributed by atoms with E-state index in [0.717, 1.165) is 16.8 Å². The number of aryl methyl sites for hydroxylation is 1.